The molecule has 3 atom stereocenters. The van der Waals surface area contributed by atoms with Gasteiger partial charge in [0, 0.05) is 44.5 Å². The molecule has 0 amide bonds. The molecule has 3 heterocycles. The summed E-state index contributed by atoms with van der Waals surface area (Å²) < 4.78 is 8.02. The summed E-state index contributed by atoms with van der Waals surface area (Å²) in [6, 6.07) is 0.588. The minimum Gasteiger partial charge on any atom is -0.379 e. The quantitative estimate of drug-likeness (QED) is 0.817. The Balaban J connectivity index is 1.67. The maximum atomic E-state index is 5.90. The van der Waals surface area contributed by atoms with Crippen LogP contribution in [0.3, 0.4) is 0 Å². The van der Waals surface area contributed by atoms with Crippen molar-refractivity contribution in [3.8, 4) is 0 Å². The lowest BCUT2D eigenvalue weighted by Gasteiger charge is -2.39. The van der Waals surface area contributed by atoms with Gasteiger partial charge in [0.2, 0.25) is 0 Å². The first kappa shape index (κ1) is 15.0. The third kappa shape index (κ3) is 3.00. The summed E-state index contributed by atoms with van der Waals surface area (Å²) >= 11 is 0. The summed E-state index contributed by atoms with van der Waals surface area (Å²) in [7, 11) is 2.08. The van der Waals surface area contributed by atoms with E-state index >= 15 is 0 Å². The second-order valence-corrected chi connectivity index (χ2v) is 6.40. The summed E-state index contributed by atoms with van der Waals surface area (Å²) in [5.41, 5.74) is 0. The maximum absolute atomic E-state index is 5.90. The van der Waals surface area contributed by atoms with E-state index in [9.17, 15) is 0 Å². The molecule has 0 radical (unpaired) electrons. The monoisotopic (exact) mass is 292 g/mol. The average molecular weight is 292 g/mol. The zero-order chi connectivity index (χ0) is 14.8. The number of nitrogens with zero attached hydrogens (tertiary/aromatic N) is 4. The van der Waals surface area contributed by atoms with E-state index in [0.29, 0.717) is 12.0 Å². The molecular weight excluding hydrogens is 264 g/mol. The van der Waals surface area contributed by atoms with Gasteiger partial charge >= 0.3 is 0 Å². The van der Waals surface area contributed by atoms with Crippen molar-refractivity contribution in [1.82, 2.24) is 19.4 Å². The topological polar surface area (TPSA) is 33.5 Å². The van der Waals surface area contributed by atoms with Crippen LogP contribution in [0.2, 0.25) is 0 Å². The van der Waals surface area contributed by atoms with Gasteiger partial charge in [0.25, 0.3) is 0 Å². The van der Waals surface area contributed by atoms with Crippen molar-refractivity contribution in [2.75, 3.05) is 39.4 Å². The Morgan fingerprint density at radius 3 is 2.76 bits per heavy atom. The summed E-state index contributed by atoms with van der Waals surface area (Å²) in [4.78, 5) is 9.59. The van der Waals surface area contributed by atoms with Crippen LogP contribution in [0.4, 0.5) is 0 Å². The molecule has 1 aromatic rings. The van der Waals surface area contributed by atoms with Gasteiger partial charge in [-0.2, -0.15) is 0 Å². The second-order valence-electron chi connectivity index (χ2n) is 6.40. The number of rotatable bonds is 5. The van der Waals surface area contributed by atoms with Gasteiger partial charge in [-0.05, 0) is 19.0 Å². The van der Waals surface area contributed by atoms with E-state index < -0.39 is 0 Å². The summed E-state index contributed by atoms with van der Waals surface area (Å²) in [6.07, 6.45) is 3.92. The van der Waals surface area contributed by atoms with Crippen molar-refractivity contribution < 1.29 is 4.74 Å². The van der Waals surface area contributed by atoms with Crippen molar-refractivity contribution in [3.63, 3.8) is 0 Å². The molecule has 0 N–H and O–H groups in total. The fourth-order valence-electron chi connectivity index (χ4n) is 4.01. The van der Waals surface area contributed by atoms with Crippen LogP contribution in [-0.2, 0) is 18.3 Å². The molecule has 118 valence electrons. The first-order valence-corrected chi connectivity index (χ1v) is 8.23. The predicted molar refractivity (Wildman–Crippen MR) is 83.0 cm³/mol. The first-order chi connectivity index (χ1) is 10.2. The van der Waals surface area contributed by atoms with E-state index in [1.54, 1.807) is 0 Å². The van der Waals surface area contributed by atoms with E-state index in [-0.39, 0.29) is 0 Å². The van der Waals surface area contributed by atoms with Crippen LogP contribution in [0.25, 0.3) is 0 Å². The Kier molecular flexibility index (Phi) is 4.62. The molecule has 0 bridgehead atoms. The van der Waals surface area contributed by atoms with Crippen molar-refractivity contribution in [3.05, 3.63) is 18.2 Å². The normalized spacial score (nSPS) is 30.0. The molecule has 5 heteroatoms. The van der Waals surface area contributed by atoms with Crippen LogP contribution >= 0.6 is 0 Å². The van der Waals surface area contributed by atoms with E-state index in [2.05, 4.69) is 40.2 Å². The number of aryl methyl sites for hydroxylation is 1. The minimum atomic E-state index is 0.588. The molecule has 2 fully saturated rings. The lowest BCUT2D eigenvalue weighted by Crippen LogP contribution is -2.50. The van der Waals surface area contributed by atoms with E-state index in [0.717, 1.165) is 51.1 Å². The summed E-state index contributed by atoms with van der Waals surface area (Å²) in [5.74, 6) is 2.59. The fraction of sp³-hybridized carbons (Fsp3) is 0.812. The largest absolute Gasteiger partial charge is 0.379 e. The van der Waals surface area contributed by atoms with Gasteiger partial charge in [-0.25, -0.2) is 4.98 Å². The van der Waals surface area contributed by atoms with Crippen LogP contribution in [0.15, 0.2) is 12.4 Å². The molecule has 2 saturated heterocycles. The van der Waals surface area contributed by atoms with Crippen molar-refractivity contribution in [2.45, 2.75) is 26.4 Å². The van der Waals surface area contributed by atoms with Crippen molar-refractivity contribution in [2.24, 2.45) is 18.9 Å². The van der Waals surface area contributed by atoms with E-state index in [1.807, 2.05) is 12.4 Å². The van der Waals surface area contributed by atoms with Gasteiger partial charge < -0.3 is 9.30 Å². The molecule has 0 aromatic carbocycles. The van der Waals surface area contributed by atoms with Gasteiger partial charge in [0.05, 0.1) is 19.8 Å². The zero-order valence-corrected chi connectivity index (χ0v) is 13.5. The summed E-state index contributed by atoms with van der Waals surface area (Å²) in [5, 5.41) is 0. The minimum absolute atomic E-state index is 0.588. The van der Waals surface area contributed by atoms with Crippen LogP contribution in [0, 0.1) is 11.8 Å². The van der Waals surface area contributed by atoms with Crippen molar-refractivity contribution in [1.29, 1.82) is 0 Å². The predicted octanol–water partition coefficient (Wildman–Crippen LogP) is 1.21. The van der Waals surface area contributed by atoms with Gasteiger partial charge in [-0.3, -0.25) is 9.80 Å². The Morgan fingerprint density at radius 2 is 2.10 bits per heavy atom. The third-order valence-electron chi connectivity index (χ3n) is 5.25. The number of imidazole rings is 1. The van der Waals surface area contributed by atoms with Gasteiger partial charge in [0.1, 0.15) is 5.82 Å². The van der Waals surface area contributed by atoms with Crippen LogP contribution in [0.5, 0.6) is 0 Å². The van der Waals surface area contributed by atoms with Crippen molar-refractivity contribution >= 4 is 0 Å². The Morgan fingerprint density at radius 1 is 1.29 bits per heavy atom. The molecular formula is C16H28N4O. The number of likely N-dealkylation sites (N-methyl/N-ethyl adjacent to an activating group) is 1. The lowest BCUT2D eigenvalue weighted by molar-refractivity contribution is -0.0348. The zero-order valence-electron chi connectivity index (χ0n) is 13.5. The van der Waals surface area contributed by atoms with Crippen LogP contribution in [-0.4, -0.2) is 64.8 Å². The number of ether oxygens (including phenoxy) is 1. The van der Waals surface area contributed by atoms with E-state index in [1.165, 1.54) is 6.54 Å². The first-order valence-electron chi connectivity index (χ1n) is 8.23. The highest BCUT2D eigenvalue weighted by molar-refractivity contribution is 4.98. The molecule has 0 spiro atoms. The number of fused-ring (bicyclic) bond motifs is 1. The van der Waals surface area contributed by atoms with Gasteiger partial charge in [0.15, 0.2) is 0 Å². The molecule has 2 aliphatic heterocycles. The molecule has 0 unspecified atom stereocenters. The highest BCUT2D eigenvalue weighted by Gasteiger charge is 2.42. The lowest BCUT2D eigenvalue weighted by atomic mass is 9.87. The number of aromatic nitrogens is 2. The molecule has 1 aromatic heterocycles. The Hall–Kier alpha value is -0.910. The molecule has 3 rings (SSSR count). The maximum Gasteiger partial charge on any atom is 0.122 e. The highest BCUT2D eigenvalue weighted by atomic mass is 16.5. The highest BCUT2D eigenvalue weighted by Crippen LogP contribution is 2.33. The third-order valence-corrected chi connectivity index (χ3v) is 5.25. The standard InChI is InChI=1S/C16H28N4O/c1-4-20(5-2)15-12-21-11-13-8-19(9-14(13)15)10-16-17-6-7-18(16)3/h6-7,13-15H,4-5,8-12H2,1-3H3/t13-,14-,15-/m1/s1. The number of likely N-dealkylation sites (tertiary alicyclic amines) is 1. The van der Waals surface area contributed by atoms with Crippen LogP contribution in [0.1, 0.15) is 19.7 Å². The SMILES string of the molecule is CCN(CC)[C@@H]1COC[C@H]2CN(Cc3nccn3C)C[C@H]21. The summed E-state index contributed by atoms with van der Waals surface area (Å²) in [6.45, 7) is 11.9. The average Bonchev–Trinajstić information content (AvgIpc) is 3.07. The molecule has 21 heavy (non-hydrogen) atoms. The molecule has 0 saturated carbocycles. The molecule has 5 nitrogen and oxygen atoms in total. The molecule has 2 aliphatic rings. The van der Waals surface area contributed by atoms with Gasteiger partial charge in [-0.1, -0.05) is 13.8 Å². The number of hydrogen-bond acceptors (Lipinski definition) is 4. The number of hydrogen-bond donors (Lipinski definition) is 0. The Bertz CT molecular complexity index is 457. The smallest absolute Gasteiger partial charge is 0.122 e. The van der Waals surface area contributed by atoms with Crippen LogP contribution < -0.4 is 0 Å². The Labute approximate surface area is 127 Å². The molecule has 0 aliphatic carbocycles. The fourth-order valence-corrected chi connectivity index (χ4v) is 4.01. The van der Waals surface area contributed by atoms with Gasteiger partial charge in [-0.15, -0.1) is 0 Å². The second kappa shape index (κ2) is 6.46. The van der Waals surface area contributed by atoms with E-state index in [4.69, 9.17) is 4.74 Å².